The van der Waals surface area contributed by atoms with Gasteiger partial charge in [-0.05, 0) is 0 Å². The van der Waals surface area contributed by atoms with Crippen molar-refractivity contribution in [3.05, 3.63) is 0 Å². The Bertz CT molecular complexity index is 490. The second kappa shape index (κ2) is 4.77. The molecule has 0 aromatic carbocycles. The molecule has 2 aliphatic rings. The third-order valence-corrected chi connectivity index (χ3v) is 3.06. The number of anilines is 2. The average Bonchev–Trinajstić information content (AvgIpc) is 3.28. The van der Waals surface area contributed by atoms with Crippen molar-refractivity contribution < 1.29 is 0 Å². The van der Waals surface area contributed by atoms with Crippen molar-refractivity contribution in [2.24, 2.45) is 4.99 Å². The first-order chi connectivity index (χ1) is 9.54. The molecular weight excluding hydrogens is 256 g/mol. The van der Waals surface area contributed by atoms with E-state index >= 15 is 0 Å². The molecule has 2 aliphatic heterocycles. The Morgan fingerprint density at radius 2 is 1.30 bits per heavy atom. The van der Waals surface area contributed by atoms with Gasteiger partial charge in [-0.1, -0.05) is 0 Å². The minimum atomic E-state index is 0.473. The fraction of sp³-hybridized carbons (Fsp3) is 0.667. The van der Waals surface area contributed by atoms with Crippen LogP contribution in [0.1, 0.15) is 0 Å². The molecule has 0 N–H and O–H groups in total. The zero-order valence-corrected chi connectivity index (χ0v) is 12.4. The second-order valence-electron chi connectivity index (χ2n) is 5.41. The Morgan fingerprint density at radius 1 is 0.850 bits per heavy atom. The largest absolute Gasteiger partial charge is 0.347 e. The van der Waals surface area contributed by atoms with Gasteiger partial charge in [0.05, 0.1) is 0 Å². The van der Waals surface area contributed by atoms with Crippen LogP contribution in [0.3, 0.4) is 0 Å². The second-order valence-corrected chi connectivity index (χ2v) is 5.41. The zero-order valence-electron chi connectivity index (χ0n) is 12.4. The maximum Gasteiger partial charge on any atom is 0.259 e. The molecule has 0 amide bonds. The number of hydrogen-bond donors (Lipinski definition) is 0. The van der Waals surface area contributed by atoms with Crippen molar-refractivity contribution in [1.82, 2.24) is 24.8 Å². The molecule has 8 heteroatoms. The van der Waals surface area contributed by atoms with Crippen molar-refractivity contribution in [2.75, 3.05) is 64.2 Å². The highest BCUT2D eigenvalue weighted by atomic mass is 15.5. The lowest BCUT2D eigenvalue weighted by Crippen LogP contribution is -2.21. The molecule has 0 saturated carbocycles. The summed E-state index contributed by atoms with van der Waals surface area (Å²) in [5.74, 6) is 2.71. The minimum absolute atomic E-state index is 0.473. The van der Waals surface area contributed by atoms with E-state index in [1.165, 1.54) is 0 Å². The number of hydrogen-bond acceptors (Lipinski definition) is 6. The van der Waals surface area contributed by atoms with Gasteiger partial charge in [0, 0.05) is 54.4 Å². The van der Waals surface area contributed by atoms with Gasteiger partial charge in [0.1, 0.15) is 0 Å². The summed E-state index contributed by atoms with van der Waals surface area (Å²) in [6.45, 7) is 4.28. The highest BCUT2D eigenvalue weighted by Gasteiger charge is 2.33. The number of nitrogens with zero attached hydrogens (tertiary/aromatic N) is 8. The van der Waals surface area contributed by atoms with Gasteiger partial charge in [0.2, 0.25) is 17.9 Å². The molecule has 1 aromatic rings. The molecule has 20 heavy (non-hydrogen) atoms. The van der Waals surface area contributed by atoms with Crippen molar-refractivity contribution in [3.8, 4) is 0 Å². The van der Waals surface area contributed by atoms with Crippen LogP contribution >= 0.6 is 0 Å². The lowest BCUT2D eigenvalue weighted by molar-refractivity contribution is 0.681. The summed E-state index contributed by atoms with van der Waals surface area (Å²) in [6.07, 6.45) is 0. The number of guanidine groups is 1. The smallest absolute Gasteiger partial charge is 0.259 e. The summed E-state index contributed by atoms with van der Waals surface area (Å²) >= 11 is 0. The topological polar surface area (TPSA) is 63.5 Å². The highest BCUT2D eigenvalue weighted by Crippen LogP contribution is 2.21. The van der Waals surface area contributed by atoms with E-state index in [1.54, 1.807) is 0 Å². The van der Waals surface area contributed by atoms with Crippen LogP contribution in [0.25, 0.3) is 0 Å². The van der Waals surface area contributed by atoms with Crippen molar-refractivity contribution in [1.29, 1.82) is 0 Å². The summed E-state index contributed by atoms with van der Waals surface area (Å²) in [5.41, 5.74) is 0. The lowest BCUT2D eigenvalue weighted by atomic mass is 10.7. The number of aliphatic imine (C=N–C) groups is 1. The molecule has 3 rings (SSSR count). The van der Waals surface area contributed by atoms with E-state index in [4.69, 9.17) is 0 Å². The molecule has 2 fully saturated rings. The van der Waals surface area contributed by atoms with Gasteiger partial charge in [-0.2, -0.15) is 19.9 Å². The quantitative estimate of drug-likeness (QED) is 0.424. The lowest BCUT2D eigenvalue weighted by Gasteiger charge is -2.15. The maximum absolute atomic E-state index is 4.62. The summed E-state index contributed by atoms with van der Waals surface area (Å²) in [5, 5.41) is 0. The van der Waals surface area contributed by atoms with E-state index in [-0.39, 0.29) is 0 Å². The molecule has 2 saturated heterocycles. The molecule has 0 aliphatic carbocycles. The van der Waals surface area contributed by atoms with Gasteiger partial charge in [0.15, 0.2) is 0 Å². The molecule has 0 unspecified atom stereocenters. The fourth-order valence-corrected chi connectivity index (χ4v) is 1.72. The Morgan fingerprint density at radius 3 is 1.65 bits per heavy atom. The first-order valence-corrected chi connectivity index (χ1v) is 6.74. The summed E-state index contributed by atoms with van der Waals surface area (Å²) in [6, 6.07) is 0. The number of rotatable bonds is 3. The Labute approximate surface area is 118 Å². The summed E-state index contributed by atoms with van der Waals surface area (Å²) in [7, 11) is 7.66. The van der Waals surface area contributed by atoms with Crippen LogP contribution in [0, 0.1) is 0 Å². The molecule has 0 bridgehead atoms. The van der Waals surface area contributed by atoms with E-state index < -0.39 is 0 Å². The standard InChI is InChI=1S/C12H20N8/c1-17(2)10-13-9(14-11(16-10)18(3)4)15-12(19-5-6-19)20-7-8-20/h5-8H2,1-4H3. The Balaban J connectivity index is 1.96. The fourth-order valence-electron chi connectivity index (χ4n) is 1.72. The van der Waals surface area contributed by atoms with Gasteiger partial charge in [0.25, 0.3) is 5.95 Å². The molecule has 0 spiro atoms. The predicted molar refractivity (Wildman–Crippen MR) is 78.7 cm³/mol. The van der Waals surface area contributed by atoms with Crippen molar-refractivity contribution in [3.63, 3.8) is 0 Å². The summed E-state index contributed by atoms with van der Waals surface area (Å²) < 4.78 is 0. The monoisotopic (exact) mass is 276 g/mol. The van der Waals surface area contributed by atoms with Crippen LogP contribution in [-0.2, 0) is 0 Å². The third-order valence-electron chi connectivity index (χ3n) is 3.06. The normalized spacial score (nSPS) is 16.0. The van der Waals surface area contributed by atoms with Crippen LogP contribution in [0.15, 0.2) is 4.99 Å². The van der Waals surface area contributed by atoms with Crippen LogP contribution in [-0.4, -0.2) is 85.1 Å². The Hall–Kier alpha value is -2.12. The van der Waals surface area contributed by atoms with Crippen LogP contribution in [0.5, 0.6) is 0 Å². The van der Waals surface area contributed by atoms with E-state index in [0.29, 0.717) is 17.8 Å². The molecule has 0 atom stereocenters. The van der Waals surface area contributed by atoms with Gasteiger partial charge in [-0.25, -0.2) is 0 Å². The van der Waals surface area contributed by atoms with Crippen LogP contribution in [0.2, 0.25) is 0 Å². The number of aromatic nitrogens is 3. The minimum Gasteiger partial charge on any atom is -0.347 e. The summed E-state index contributed by atoms with van der Waals surface area (Å²) in [4.78, 5) is 26.0. The van der Waals surface area contributed by atoms with E-state index in [1.807, 2.05) is 38.0 Å². The molecule has 1 aromatic heterocycles. The van der Waals surface area contributed by atoms with Gasteiger partial charge in [-0.15, -0.1) is 0 Å². The predicted octanol–water partition coefficient (Wildman–Crippen LogP) is -0.378. The highest BCUT2D eigenvalue weighted by molar-refractivity contribution is 5.85. The van der Waals surface area contributed by atoms with Crippen molar-refractivity contribution >= 4 is 23.8 Å². The van der Waals surface area contributed by atoms with Crippen molar-refractivity contribution in [2.45, 2.75) is 0 Å². The van der Waals surface area contributed by atoms with Gasteiger partial charge >= 0.3 is 0 Å². The molecule has 0 radical (unpaired) electrons. The van der Waals surface area contributed by atoms with Crippen LogP contribution in [0.4, 0.5) is 17.8 Å². The van der Waals surface area contributed by atoms with E-state index in [9.17, 15) is 0 Å². The molecule has 3 heterocycles. The average molecular weight is 276 g/mol. The van der Waals surface area contributed by atoms with Gasteiger partial charge < -0.3 is 19.6 Å². The molecule has 8 nitrogen and oxygen atoms in total. The van der Waals surface area contributed by atoms with Crippen LogP contribution < -0.4 is 9.80 Å². The Kier molecular flexibility index (Phi) is 3.07. The SMILES string of the molecule is CN(C)c1nc(N=C(N2CC2)N2CC2)nc(N(C)C)n1. The molecule has 108 valence electrons. The first-order valence-electron chi connectivity index (χ1n) is 6.74. The van der Waals surface area contributed by atoms with Gasteiger partial charge in [-0.3, -0.25) is 0 Å². The van der Waals surface area contributed by atoms with E-state index in [0.717, 1.165) is 32.1 Å². The molecular formula is C12H20N8. The third kappa shape index (κ3) is 2.73. The maximum atomic E-state index is 4.62. The zero-order chi connectivity index (χ0) is 14.3. The first kappa shape index (κ1) is 12.9. The van der Waals surface area contributed by atoms with E-state index in [2.05, 4.69) is 29.7 Å².